The van der Waals surface area contributed by atoms with E-state index in [1.807, 2.05) is 37.3 Å². The average Bonchev–Trinajstić information content (AvgIpc) is 3.01. The fourth-order valence-corrected chi connectivity index (χ4v) is 3.98. The van der Waals surface area contributed by atoms with Crippen LogP contribution in [0.15, 0.2) is 51.9 Å². The molecule has 0 bridgehead atoms. The van der Waals surface area contributed by atoms with Gasteiger partial charge in [0.25, 0.3) is 5.91 Å². The van der Waals surface area contributed by atoms with Crippen LogP contribution in [0.5, 0.6) is 5.75 Å². The molecule has 10 heteroatoms. The van der Waals surface area contributed by atoms with Gasteiger partial charge in [-0.15, -0.1) is 4.40 Å². The number of nitrogens with one attached hydrogen (secondary N) is 2. The van der Waals surface area contributed by atoms with Crippen LogP contribution >= 0.6 is 0 Å². The van der Waals surface area contributed by atoms with Crippen LogP contribution in [0.2, 0.25) is 0 Å². The van der Waals surface area contributed by atoms with Gasteiger partial charge in [0.2, 0.25) is 0 Å². The van der Waals surface area contributed by atoms with Gasteiger partial charge in [0.1, 0.15) is 0 Å². The number of phenolic OH excluding ortho intramolecular Hbond substituents is 1. The van der Waals surface area contributed by atoms with Crippen molar-refractivity contribution < 1.29 is 18.3 Å². The maximum Gasteiger partial charge on any atom is 0.345 e. The Morgan fingerprint density at radius 1 is 1.26 bits per heavy atom. The van der Waals surface area contributed by atoms with Gasteiger partial charge in [-0.3, -0.25) is 9.79 Å². The number of carbonyl (C=O) groups is 1. The Balaban J connectivity index is 2.00. The van der Waals surface area contributed by atoms with Gasteiger partial charge in [0, 0.05) is 14.1 Å². The van der Waals surface area contributed by atoms with Gasteiger partial charge < -0.3 is 15.3 Å². The van der Waals surface area contributed by atoms with Gasteiger partial charge >= 0.3 is 10.2 Å². The molecule has 2 aromatic carbocycles. The standard InChI is InChI=1S/C21H25N5O4S/c1-5-16(14-9-7-6-8-10-14)22-19-20(25-31(29,30)24-19)23-17-12-13(2)11-15(18(17)27)21(28)26(3)4/h6-12,16,27H,5H2,1-4H3,(H,22,24)(H,23,25)/t16-/m1/s1. The van der Waals surface area contributed by atoms with Crippen molar-refractivity contribution in [1.82, 2.24) is 9.62 Å². The van der Waals surface area contributed by atoms with E-state index in [-0.39, 0.29) is 40.6 Å². The SMILES string of the molecule is CC[C@@H](N=C1NS(=O)(=O)N=C1Nc1cc(C)cc(C(=O)N(C)C)c1O)c1ccccc1. The van der Waals surface area contributed by atoms with Gasteiger partial charge in [-0.1, -0.05) is 37.3 Å². The first-order valence-electron chi connectivity index (χ1n) is 9.69. The van der Waals surface area contributed by atoms with E-state index in [9.17, 15) is 18.3 Å². The summed E-state index contributed by atoms with van der Waals surface area (Å²) >= 11 is 0. The summed E-state index contributed by atoms with van der Waals surface area (Å²) in [7, 11) is -0.821. The lowest BCUT2D eigenvalue weighted by Gasteiger charge is -2.16. The van der Waals surface area contributed by atoms with Gasteiger partial charge in [-0.05, 0) is 36.6 Å². The zero-order chi connectivity index (χ0) is 22.8. The molecule has 0 saturated heterocycles. The lowest BCUT2D eigenvalue weighted by molar-refractivity contribution is 0.0824. The molecule has 3 rings (SSSR count). The van der Waals surface area contributed by atoms with Crippen LogP contribution in [0.3, 0.4) is 0 Å². The minimum Gasteiger partial charge on any atom is -0.505 e. The molecule has 1 amide bonds. The van der Waals surface area contributed by atoms with Crippen molar-refractivity contribution in [2.24, 2.45) is 9.39 Å². The second-order valence-electron chi connectivity index (χ2n) is 7.36. The molecule has 0 spiro atoms. The number of phenols is 1. The van der Waals surface area contributed by atoms with Crippen LogP contribution in [-0.2, 0) is 10.2 Å². The first kappa shape index (κ1) is 22.3. The van der Waals surface area contributed by atoms with E-state index in [1.165, 1.54) is 4.90 Å². The molecule has 0 radical (unpaired) electrons. The van der Waals surface area contributed by atoms with E-state index in [0.717, 1.165) is 5.56 Å². The smallest absolute Gasteiger partial charge is 0.345 e. The normalized spacial score (nSPS) is 17.0. The maximum absolute atomic E-state index is 12.4. The summed E-state index contributed by atoms with van der Waals surface area (Å²) in [6, 6.07) is 12.4. The minimum atomic E-state index is -3.98. The number of anilines is 1. The number of amidine groups is 2. The number of aliphatic imine (C=N–C) groups is 1. The van der Waals surface area contributed by atoms with Crippen molar-refractivity contribution in [2.45, 2.75) is 26.3 Å². The quantitative estimate of drug-likeness (QED) is 0.613. The van der Waals surface area contributed by atoms with E-state index in [0.29, 0.717) is 12.0 Å². The van der Waals surface area contributed by atoms with Crippen molar-refractivity contribution in [1.29, 1.82) is 0 Å². The molecule has 31 heavy (non-hydrogen) atoms. The molecule has 1 heterocycles. The zero-order valence-electron chi connectivity index (χ0n) is 17.7. The molecule has 0 aliphatic carbocycles. The molecule has 0 aromatic heterocycles. The molecule has 164 valence electrons. The number of aromatic hydroxyl groups is 1. The molecule has 0 saturated carbocycles. The Morgan fingerprint density at radius 3 is 2.55 bits per heavy atom. The number of hydrogen-bond donors (Lipinski definition) is 3. The van der Waals surface area contributed by atoms with Crippen LogP contribution < -0.4 is 10.0 Å². The highest BCUT2D eigenvalue weighted by atomic mass is 32.2. The Bertz CT molecular complexity index is 1160. The van der Waals surface area contributed by atoms with Crippen LogP contribution in [0.1, 0.15) is 40.9 Å². The summed E-state index contributed by atoms with van der Waals surface area (Å²) < 4.78 is 30.3. The van der Waals surface area contributed by atoms with Crippen molar-refractivity contribution in [3.63, 3.8) is 0 Å². The number of carbonyl (C=O) groups excluding carboxylic acids is 1. The second-order valence-corrected chi connectivity index (χ2v) is 8.70. The van der Waals surface area contributed by atoms with E-state index in [1.54, 1.807) is 33.2 Å². The molecule has 1 aliphatic heterocycles. The Kier molecular flexibility index (Phi) is 6.30. The van der Waals surface area contributed by atoms with Gasteiger partial charge in [-0.25, -0.2) is 4.72 Å². The first-order chi connectivity index (χ1) is 14.6. The summed E-state index contributed by atoms with van der Waals surface area (Å²) in [4.78, 5) is 18.3. The van der Waals surface area contributed by atoms with Crippen molar-refractivity contribution >= 4 is 33.5 Å². The average molecular weight is 444 g/mol. The highest BCUT2D eigenvalue weighted by Gasteiger charge is 2.29. The number of nitrogens with zero attached hydrogens (tertiary/aromatic N) is 3. The molecule has 3 N–H and O–H groups in total. The molecular formula is C21H25N5O4S. The highest BCUT2D eigenvalue weighted by molar-refractivity contribution is 7.89. The number of rotatable bonds is 5. The maximum atomic E-state index is 12.4. The van der Waals surface area contributed by atoms with Crippen LogP contribution in [0, 0.1) is 6.92 Å². The summed E-state index contributed by atoms with van der Waals surface area (Å²) in [5, 5.41) is 13.5. The molecular weight excluding hydrogens is 418 g/mol. The number of benzene rings is 2. The summed E-state index contributed by atoms with van der Waals surface area (Å²) in [6.07, 6.45) is 0.639. The minimum absolute atomic E-state index is 0.0390. The Hall–Kier alpha value is -3.40. The molecule has 2 aromatic rings. The topological polar surface area (TPSA) is 123 Å². The molecule has 1 aliphatic rings. The van der Waals surface area contributed by atoms with Crippen LogP contribution in [0.25, 0.3) is 0 Å². The zero-order valence-corrected chi connectivity index (χ0v) is 18.6. The van der Waals surface area contributed by atoms with Crippen LogP contribution in [-0.4, -0.2) is 50.1 Å². The fourth-order valence-electron chi connectivity index (χ4n) is 3.16. The molecule has 9 nitrogen and oxygen atoms in total. The molecule has 0 unspecified atom stereocenters. The number of amides is 1. The molecule has 0 fully saturated rings. The summed E-state index contributed by atoms with van der Waals surface area (Å²) in [5.41, 5.74) is 1.88. The third-order valence-corrected chi connectivity index (χ3v) is 5.54. The number of hydrogen-bond acceptors (Lipinski definition) is 6. The Labute approximate surface area is 181 Å². The Morgan fingerprint density at radius 2 is 1.94 bits per heavy atom. The van der Waals surface area contributed by atoms with Gasteiger partial charge in [0.05, 0.1) is 17.3 Å². The lowest BCUT2D eigenvalue weighted by Crippen LogP contribution is -2.31. The van der Waals surface area contributed by atoms with E-state index >= 15 is 0 Å². The van der Waals surface area contributed by atoms with E-state index in [2.05, 4.69) is 19.4 Å². The van der Waals surface area contributed by atoms with Gasteiger partial charge in [0.15, 0.2) is 17.4 Å². The highest BCUT2D eigenvalue weighted by Crippen LogP contribution is 2.31. The molecule has 1 atom stereocenters. The predicted octanol–water partition coefficient (Wildman–Crippen LogP) is 2.61. The van der Waals surface area contributed by atoms with E-state index in [4.69, 9.17) is 0 Å². The third-order valence-electron chi connectivity index (χ3n) is 4.66. The summed E-state index contributed by atoms with van der Waals surface area (Å²) in [5.74, 6) is -0.700. The van der Waals surface area contributed by atoms with Crippen LogP contribution in [0.4, 0.5) is 5.69 Å². The fraction of sp³-hybridized carbons (Fsp3) is 0.286. The van der Waals surface area contributed by atoms with E-state index < -0.39 is 10.2 Å². The van der Waals surface area contributed by atoms with Crippen molar-refractivity contribution in [3.05, 3.63) is 59.2 Å². The second kappa shape index (κ2) is 8.76. The van der Waals surface area contributed by atoms with Crippen molar-refractivity contribution in [3.8, 4) is 5.75 Å². The predicted molar refractivity (Wildman–Crippen MR) is 121 cm³/mol. The van der Waals surface area contributed by atoms with Crippen molar-refractivity contribution in [2.75, 3.05) is 19.4 Å². The largest absolute Gasteiger partial charge is 0.505 e. The third kappa shape index (κ3) is 5.02. The monoisotopic (exact) mass is 443 g/mol. The lowest BCUT2D eigenvalue weighted by atomic mass is 10.1. The van der Waals surface area contributed by atoms with Gasteiger partial charge in [-0.2, -0.15) is 8.42 Å². The number of aryl methyl sites for hydroxylation is 1. The summed E-state index contributed by atoms with van der Waals surface area (Å²) in [6.45, 7) is 3.71. The first-order valence-corrected chi connectivity index (χ1v) is 11.1.